The number of sulfone groups is 1. The van der Waals surface area contributed by atoms with Gasteiger partial charge >= 0.3 is 0 Å². The van der Waals surface area contributed by atoms with Crippen LogP contribution in [0.25, 0.3) is 22.4 Å². The average Bonchev–Trinajstić information content (AvgIpc) is 3.26. The zero-order valence-corrected chi connectivity index (χ0v) is 19.3. The molecule has 0 fully saturated rings. The Labute approximate surface area is 192 Å². The maximum Gasteiger partial charge on any atom is 0.262 e. The molecule has 5 rings (SSSR count). The Hall–Kier alpha value is -3.52. The summed E-state index contributed by atoms with van der Waals surface area (Å²) in [4.78, 5) is 27.8. The molecule has 168 valence electrons. The van der Waals surface area contributed by atoms with E-state index >= 15 is 0 Å². The van der Waals surface area contributed by atoms with E-state index in [0.717, 1.165) is 24.1 Å². The van der Waals surface area contributed by atoms with Gasteiger partial charge in [-0.15, -0.1) is 0 Å². The van der Waals surface area contributed by atoms with Crippen LogP contribution < -0.4 is 4.90 Å². The molecule has 1 aliphatic rings. The Morgan fingerprint density at radius 1 is 1.09 bits per heavy atom. The van der Waals surface area contributed by atoms with Crippen molar-refractivity contribution in [3.05, 3.63) is 72.1 Å². The number of fused-ring (bicyclic) bond motifs is 2. The molecule has 8 heteroatoms. The van der Waals surface area contributed by atoms with Crippen molar-refractivity contribution in [2.75, 3.05) is 11.4 Å². The predicted octanol–water partition coefficient (Wildman–Crippen LogP) is 4.40. The van der Waals surface area contributed by atoms with Crippen LogP contribution in [0, 0.1) is 0 Å². The van der Waals surface area contributed by atoms with Crippen LogP contribution in [0.15, 0.2) is 65.8 Å². The predicted molar refractivity (Wildman–Crippen MR) is 128 cm³/mol. The van der Waals surface area contributed by atoms with Gasteiger partial charge in [0, 0.05) is 24.0 Å². The number of hydrogen-bond donors (Lipinski definition) is 1. The molecule has 0 saturated heterocycles. The van der Waals surface area contributed by atoms with E-state index in [0.29, 0.717) is 29.0 Å². The number of H-pyrrole nitrogens is 1. The molecule has 0 spiro atoms. The van der Waals surface area contributed by atoms with Gasteiger partial charge in [-0.05, 0) is 50.5 Å². The molecule has 0 unspecified atom stereocenters. The lowest BCUT2D eigenvalue weighted by atomic mass is 10.0. The minimum absolute atomic E-state index is 0.113. The Kier molecular flexibility index (Phi) is 5.25. The van der Waals surface area contributed by atoms with Crippen LogP contribution in [0.5, 0.6) is 0 Å². The molecule has 0 aliphatic carbocycles. The van der Waals surface area contributed by atoms with Crippen molar-refractivity contribution in [3.63, 3.8) is 0 Å². The topological polar surface area (TPSA) is 96.0 Å². The van der Waals surface area contributed by atoms with Gasteiger partial charge in [0.25, 0.3) is 5.91 Å². The van der Waals surface area contributed by atoms with Gasteiger partial charge in [-0.2, -0.15) is 0 Å². The lowest BCUT2D eigenvalue weighted by Gasteiger charge is -2.29. The largest absolute Gasteiger partial charge is 0.344 e. The number of benzene rings is 2. The number of nitrogens with zero attached hydrogens (tertiary/aromatic N) is 3. The van der Waals surface area contributed by atoms with E-state index in [1.807, 2.05) is 18.2 Å². The molecule has 2 aromatic heterocycles. The van der Waals surface area contributed by atoms with Crippen molar-refractivity contribution in [2.24, 2.45) is 0 Å². The molecule has 0 saturated carbocycles. The molecule has 1 amide bonds. The van der Waals surface area contributed by atoms with Gasteiger partial charge in [0.2, 0.25) is 0 Å². The van der Waals surface area contributed by atoms with Crippen molar-refractivity contribution < 1.29 is 13.2 Å². The van der Waals surface area contributed by atoms with Gasteiger partial charge in [-0.1, -0.05) is 30.3 Å². The second kappa shape index (κ2) is 8.12. The highest BCUT2D eigenvalue weighted by Crippen LogP contribution is 2.30. The van der Waals surface area contributed by atoms with E-state index in [9.17, 15) is 13.2 Å². The number of nitrogens with one attached hydrogen (secondary N) is 1. The van der Waals surface area contributed by atoms with Crippen LogP contribution in [-0.4, -0.2) is 41.1 Å². The molecule has 0 atom stereocenters. The summed E-state index contributed by atoms with van der Waals surface area (Å²) < 4.78 is 24.8. The molecule has 1 aliphatic heterocycles. The molecular weight excluding hydrogens is 436 g/mol. The van der Waals surface area contributed by atoms with Crippen LogP contribution in [0.1, 0.15) is 36.2 Å². The summed E-state index contributed by atoms with van der Waals surface area (Å²) in [6, 6.07) is 14.6. The van der Waals surface area contributed by atoms with Crippen LogP contribution in [0.3, 0.4) is 0 Å². The van der Waals surface area contributed by atoms with Crippen molar-refractivity contribution in [3.8, 4) is 11.3 Å². The number of amides is 1. The summed E-state index contributed by atoms with van der Waals surface area (Å²) in [7, 11) is -3.35. The fourth-order valence-corrected chi connectivity index (χ4v) is 5.23. The number of aromatic nitrogens is 3. The lowest BCUT2D eigenvalue weighted by Crippen LogP contribution is -2.35. The molecule has 0 bridgehead atoms. The van der Waals surface area contributed by atoms with Gasteiger partial charge in [0.15, 0.2) is 15.5 Å². The van der Waals surface area contributed by atoms with Gasteiger partial charge in [-0.25, -0.2) is 18.4 Å². The number of carbonyl (C=O) groups is 1. The fourth-order valence-electron chi connectivity index (χ4n) is 4.17. The fraction of sp³-hybridized carbons (Fsp3) is 0.240. The molecule has 1 N–H and O–H groups in total. The van der Waals surface area contributed by atoms with Crippen LogP contribution in [0.2, 0.25) is 0 Å². The maximum absolute atomic E-state index is 13.5. The van der Waals surface area contributed by atoms with Gasteiger partial charge < -0.3 is 9.88 Å². The third-order valence-corrected chi connectivity index (χ3v) is 8.24. The minimum atomic E-state index is -3.35. The first-order chi connectivity index (χ1) is 15.9. The van der Waals surface area contributed by atoms with Gasteiger partial charge in [0.1, 0.15) is 5.52 Å². The first kappa shape index (κ1) is 21.3. The third kappa shape index (κ3) is 3.70. The van der Waals surface area contributed by atoms with E-state index in [1.165, 1.54) is 5.56 Å². The first-order valence-electron chi connectivity index (χ1n) is 10.9. The Balaban J connectivity index is 1.51. The highest BCUT2D eigenvalue weighted by atomic mass is 32.2. The number of carbonyl (C=O) groups excluding carboxylic acids is 1. The molecule has 4 aromatic rings. The molecule has 3 heterocycles. The van der Waals surface area contributed by atoms with E-state index < -0.39 is 15.1 Å². The van der Waals surface area contributed by atoms with Crippen LogP contribution in [-0.2, 0) is 16.3 Å². The third-order valence-electron chi connectivity index (χ3n) is 6.07. The lowest BCUT2D eigenvalue weighted by molar-refractivity contribution is 0.0986. The van der Waals surface area contributed by atoms with Crippen molar-refractivity contribution in [2.45, 2.75) is 36.8 Å². The van der Waals surface area contributed by atoms with Crippen LogP contribution >= 0.6 is 0 Å². The standard InChI is InChI=1S/C25H24N4O3S/c1-16(2)33(31,32)19-11-9-17(10-12-19)21-15-27-24-23(28-21)20(14-26-24)25(30)29-13-5-7-18-6-3-4-8-22(18)29/h3-4,6,8-12,14-16H,5,7,13H2,1-2H3,(H,26,27). The average molecular weight is 461 g/mol. The van der Waals surface area contributed by atoms with Crippen molar-refractivity contribution >= 4 is 32.6 Å². The molecular formula is C25H24N4O3S. The number of anilines is 1. The summed E-state index contributed by atoms with van der Waals surface area (Å²) in [5.74, 6) is -0.113. The van der Waals surface area contributed by atoms with Crippen LogP contribution in [0.4, 0.5) is 5.69 Å². The summed E-state index contributed by atoms with van der Waals surface area (Å²) in [5.41, 5.74) is 4.91. The Morgan fingerprint density at radius 3 is 2.61 bits per heavy atom. The molecule has 0 radical (unpaired) electrons. The summed E-state index contributed by atoms with van der Waals surface area (Å²) in [6.07, 6.45) is 5.15. The van der Waals surface area contributed by atoms with E-state index in [-0.39, 0.29) is 10.8 Å². The zero-order chi connectivity index (χ0) is 23.2. The summed E-state index contributed by atoms with van der Waals surface area (Å²) >= 11 is 0. The van der Waals surface area contributed by atoms with Crippen molar-refractivity contribution in [1.82, 2.24) is 15.0 Å². The molecule has 33 heavy (non-hydrogen) atoms. The highest BCUT2D eigenvalue weighted by molar-refractivity contribution is 7.92. The Bertz CT molecular complexity index is 1460. The number of aromatic amines is 1. The highest BCUT2D eigenvalue weighted by Gasteiger charge is 2.26. The number of para-hydroxylation sites is 1. The second-order valence-corrected chi connectivity index (χ2v) is 11.0. The zero-order valence-electron chi connectivity index (χ0n) is 18.4. The smallest absolute Gasteiger partial charge is 0.262 e. The molecule has 2 aromatic carbocycles. The maximum atomic E-state index is 13.5. The SMILES string of the molecule is CC(C)S(=O)(=O)c1ccc(-c2cnc3[nH]cc(C(=O)N4CCCc5ccccc54)c3n2)cc1. The first-order valence-corrected chi connectivity index (χ1v) is 12.5. The van der Waals surface area contributed by atoms with Gasteiger partial charge in [0.05, 0.1) is 27.6 Å². The summed E-state index contributed by atoms with van der Waals surface area (Å²) in [6.45, 7) is 3.98. The number of hydrogen-bond acceptors (Lipinski definition) is 5. The summed E-state index contributed by atoms with van der Waals surface area (Å²) in [5, 5.41) is -0.493. The van der Waals surface area contributed by atoms with E-state index in [1.54, 1.807) is 55.4 Å². The molecule has 7 nitrogen and oxygen atoms in total. The van der Waals surface area contributed by atoms with Crippen molar-refractivity contribution in [1.29, 1.82) is 0 Å². The minimum Gasteiger partial charge on any atom is -0.344 e. The number of aryl methyl sites for hydroxylation is 1. The monoisotopic (exact) mass is 460 g/mol. The normalized spacial score (nSPS) is 14.0. The quantitative estimate of drug-likeness (QED) is 0.487. The van der Waals surface area contributed by atoms with E-state index in [2.05, 4.69) is 16.0 Å². The Morgan fingerprint density at radius 2 is 1.85 bits per heavy atom. The number of rotatable bonds is 4. The second-order valence-electron chi connectivity index (χ2n) is 8.46. The van der Waals surface area contributed by atoms with E-state index in [4.69, 9.17) is 4.98 Å². The van der Waals surface area contributed by atoms with Gasteiger partial charge in [-0.3, -0.25) is 4.79 Å².